The number of ketones is 1. The Labute approximate surface area is 144 Å². The molecule has 0 bridgehead atoms. The minimum absolute atomic E-state index is 0.0487. The molecule has 0 radical (unpaired) electrons. The minimum atomic E-state index is -0.643. The number of rotatable bonds is 6. The van der Waals surface area contributed by atoms with E-state index in [2.05, 4.69) is 53.4 Å². The summed E-state index contributed by atoms with van der Waals surface area (Å²) in [5.41, 5.74) is 1.88. The molecule has 3 rings (SSSR count). The quantitative estimate of drug-likeness (QED) is 0.812. The molecule has 3 heteroatoms. The molecule has 24 heavy (non-hydrogen) atoms. The summed E-state index contributed by atoms with van der Waals surface area (Å²) in [6, 6.07) is 20.8. The molecular weight excluding hydrogens is 298 g/mol. The van der Waals surface area contributed by atoms with E-state index in [0.29, 0.717) is 6.61 Å². The maximum Gasteiger partial charge on any atom is 0.170 e. The highest BCUT2D eigenvalue weighted by Crippen LogP contribution is 2.27. The number of benzene rings is 2. The maximum absolute atomic E-state index is 12.5. The number of carbonyl (C=O) groups is 1. The van der Waals surface area contributed by atoms with Gasteiger partial charge in [0.05, 0.1) is 12.5 Å². The number of hydrogen-bond donors (Lipinski definition) is 0. The first-order chi connectivity index (χ1) is 11.5. The maximum atomic E-state index is 12.5. The Morgan fingerprint density at radius 2 is 1.46 bits per heavy atom. The molecule has 2 aromatic rings. The van der Waals surface area contributed by atoms with Crippen LogP contribution in [0.5, 0.6) is 0 Å². The van der Waals surface area contributed by atoms with Crippen LogP contribution in [0.3, 0.4) is 0 Å². The molecule has 1 atom stereocenters. The molecular formula is C21H25NO2. The molecule has 0 saturated carbocycles. The van der Waals surface area contributed by atoms with Gasteiger partial charge >= 0.3 is 0 Å². The molecule has 0 spiro atoms. The molecule has 126 valence electrons. The minimum Gasteiger partial charge on any atom is -0.367 e. The van der Waals surface area contributed by atoms with Crippen LogP contribution in [0, 0.1) is 5.92 Å². The van der Waals surface area contributed by atoms with Crippen LogP contribution in [0.4, 0.5) is 0 Å². The fourth-order valence-corrected chi connectivity index (χ4v) is 3.26. The monoisotopic (exact) mass is 323 g/mol. The fourth-order valence-electron chi connectivity index (χ4n) is 3.26. The Bertz CT molecular complexity index is 625. The first-order valence-electron chi connectivity index (χ1n) is 8.53. The number of Topliss-reactive ketones (excluding diaryl/α,β-unsaturated/α-hetero) is 1. The predicted octanol–water partition coefficient (Wildman–Crippen LogP) is 3.68. The van der Waals surface area contributed by atoms with E-state index in [9.17, 15) is 4.79 Å². The lowest BCUT2D eigenvalue weighted by atomic mass is 9.95. The fraction of sp³-hybridized carbons (Fsp3) is 0.381. The van der Waals surface area contributed by atoms with Gasteiger partial charge in [0.25, 0.3) is 0 Å². The van der Waals surface area contributed by atoms with Gasteiger partial charge in [0.1, 0.15) is 5.60 Å². The van der Waals surface area contributed by atoms with Gasteiger partial charge < -0.3 is 4.74 Å². The number of hydrogen-bond acceptors (Lipinski definition) is 3. The van der Waals surface area contributed by atoms with Crippen LogP contribution < -0.4 is 0 Å². The second kappa shape index (κ2) is 7.29. The van der Waals surface area contributed by atoms with Crippen LogP contribution in [-0.4, -0.2) is 29.4 Å². The van der Waals surface area contributed by atoms with E-state index in [1.165, 1.54) is 11.1 Å². The highest BCUT2D eigenvalue weighted by atomic mass is 16.5. The van der Waals surface area contributed by atoms with Crippen LogP contribution in [0.15, 0.2) is 60.7 Å². The van der Waals surface area contributed by atoms with Crippen molar-refractivity contribution in [1.82, 2.24) is 4.90 Å². The lowest BCUT2D eigenvalue weighted by Gasteiger charge is -2.25. The van der Waals surface area contributed by atoms with E-state index in [4.69, 9.17) is 4.74 Å². The molecule has 1 aliphatic rings. The summed E-state index contributed by atoms with van der Waals surface area (Å²) >= 11 is 0. The first kappa shape index (κ1) is 16.9. The summed E-state index contributed by atoms with van der Waals surface area (Å²) in [6.07, 6.45) is 0. The summed E-state index contributed by atoms with van der Waals surface area (Å²) in [5.74, 6) is 0.168. The first-order valence-corrected chi connectivity index (χ1v) is 8.53. The summed E-state index contributed by atoms with van der Waals surface area (Å²) in [6.45, 7) is 6.65. The van der Waals surface area contributed by atoms with Crippen LogP contribution in [0.2, 0.25) is 0 Å². The molecule has 0 aliphatic carbocycles. The second-order valence-corrected chi connectivity index (χ2v) is 7.02. The lowest BCUT2D eigenvalue weighted by molar-refractivity contribution is -0.130. The topological polar surface area (TPSA) is 29.5 Å². The van der Waals surface area contributed by atoms with Gasteiger partial charge in [-0.3, -0.25) is 9.69 Å². The standard InChI is InChI=1S/C21H25NO2/c1-21(2)20(23)19(16-24-21)15-22(13-17-9-5-3-6-10-17)14-18-11-7-4-8-12-18/h3-12,19H,13-16H2,1-2H3. The summed E-state index contributed by atoms with van der Waals surface area (Å²) < 4.78 is 5.69. The van der Waals surface area contributed by atoms with Crippen LogP contribution in [-0.2, 0) is 22.6 Å². The smallest absolute Gasteiger partial charge is 0.170 e. The molecule has 0 amide bonds. The van der Waals surface area contributed by atoms with Gasteiger partial charge in [-0.25, -0.2) is 0 Å². The number of nitrogens with zero attached hydrogens (tertiary/aromatic N) is 1. The number of ether oxygens (including phenoxy) is 1. The molecule has 2 aromatic carbocycles. The molecule has 1 saturated heterocycles. The van der Waals surface area contributed by atoms with Crippen molar-refractivity contribution in [2.75, 3.05) is 13.2 Å². The van der Waals surface area contributed by atoms with Crippen molar-refractivity contribution in [2.24, 2.45) is 5.92 Å². The molecule has 1 heterocycles. The molecule has 1 fully saturated rings. The summed E-state index contributed by atoms with van der Waals surface area (Å²) in [4.78, 5) is 14.9. The SMILES string of the molecule is CC1(C)OCC(CN(Cc2ccccc2)Cc2ccccc2)C1=O. The van der Waals surface area contributed by atoms with Crippen molar-refractivity contribution in [1.29, 1.82) is 0 Å². The van der Waals surface area contributed by atoms with Crippen molar-refractivity contribution in [2.45, 2.75) is 32.5 Å². The average Bonchev–Trinajstić information content (AvgIpc) is 2.84. The molecule has 0 N–H and O–H groups in total. The second-order valence-electron chi connectivity index (χ2n) is 7.02. The van der Waals surface area contributed by atoms with Crippen LogP contribution >= 0.6 is 0 Å². The van der Waals surface area contributed by atoms with E-state index in [-0.39, 0.29) is 11.7 Å². The van der Waals surface area contributed by atoms with Crippen molar-refractivity contribution in [3.05, 3.63) is 71.8 Å². The predicted molar refractivity (Wildman–Crippen MR) is 95.5 cm³/mol. The van der Waals surface area contributed by atoms with Gasteiger partial charge in [0.15, 0.2) is 5.78 Å². The van der Waals surface area contributed by atoms with Gasteiger partial charge in [0, 0.05) is 19.6 Å². The third-order valence-electron chi connectivity index (χ3n) is 4.59. The highest BCUT2D eigenvalue weighted by molar-refractivity contribution is 5.90. The average molecular weight is 323 g/mol. The molecule has 0 aromatic heterocycles. The largest absolute Gasteiger partial charge is 0.367 e. The van der Waals surface area contributed by atoms with Crippen molar-refractivity contribution < 1.29 is 9.53 Å². The summed E-state index contributed by atoms with van der Waals surface area (Å²) in [5, 5.41) is 0. The molecule has 1 unspecified atom stereocenters. The Balaban J connectivity index is 1.73. The van der Waals surface area contributed by atoms with Crippen molar-refractivity contribution in [3.63, 3.8) is 0 Å². The van der Waals surface area contributed by atoms with Gasteiger partial charge in [0.2, 0.25) is 0 Å². The Morgan fingerprint density at radius 3 is 1.88 bits per heavy atom. The third-order valence-corrected chi connectivity index (χ3v) is 4.59. The van der Waals surface area contributed by atoms with Crippen molar-refractivity contribution >= 4 is 5.78 Å². The van der Waals surface area contributed by atoms with E-state index in [1.54, 1.807) is 0 Å². The van der Waals surface area contributed by atoms with Gasteiger partial charge in [-0.2, -0.15) is 0 Å². The highest BCUT2D eigenvalue weighted by Gasteiger charge is 2.42. The van der Waals surface area contributed by atoms with Crippen LogP contribution in [0.1, 0.15) is 25.0 Å². The zero-order valence-corrected chi connectivity index (χ0v) is 14.4. The van der Waals surface area contributed by atoms with E-state index in [0.717, 1.165) is 19.6 Å². The van der Waals surface area contributed by atoms with E-state index in [1.807, 2.05) is 26.0 Å². The zero-order valence-electron chi connectivity index (χ0n) is 14.4. The Kier molecular flexibility index (Phi) is 5.12. The Morgan fingerprint density at radius 1 is 0.958 bits per heavy atom. The lowest BCUT2D eigenvalue weighted by Crippen LogP contribution is -2.36. The van der Waals surface area contributed by atoms with E-state index < -0.39 is 5.60 Å². The van der Waals surface area contributed by atoms with Gasteiger partial charge in [-0.05, 0) is 25.0 Å². The summed E-state index contributed by atoms with van der Waals surface area (Å²) in [7, 11) is 0. The van der Waals surface area contributed by atoms with Gasteiger partial charge in [-0.1, -0.05) is 60.7 Å². The Hall–Kier alpha value is -1.97. The molecule has 1 aliphatic heterocycles. The van der Waals surface area contributed by atoms with E-state index >= 15 is 0 Å². The van der Waals surface area contributed by atoms with Gasteiger partial charge in [-0.15, -0.1) is 0 Å². The third kappa shape index (κ3) is 4.11. The van der Waals surface area contributed by atoms with Crippen LogP contribution in [0.25, 0.3) is 0 Å². The zero-order chi connectivity index (χ0) is 17.0. The van der Waals surface area contributed by atoms with Crippen molar-refractivity contribution in [3.8, 4) is 0 Å². The number of carbonyl (C=O) groups excluding carboxylic acids is 1. The molecule has 3 nitrogen and oxygen atoms in total. The normalized spacial score (nSPS) is 19.8.